The van der Waals surface area contributed by atoms with E-state index in [1.807, 2.05) is 0 Å². The van der Waals surface area contributed by atoms with E-state index in [9.17, 15) is 17.6 Å². The van der Waals surface area contributed by atoms with Gasteiger partial charge in [0.25, 0.3) is 0 Å². The highest BCUT2D eigenvalue weighted by Crippen LogP contribution is 2.35. The minimum absolute atomic E-state index is 0.126. The van der Waals surface area contributed by atoms with Crippen LogP contribution in [0.2, 0.25) is 0 Å². The molecule has 2 rings (SSSR count). The molecule has 1 atom stereocenters. The van der Waals surface area contributed by atoms with Crippen molar-refractivity contribution in [3.8, 4) is 0 Å². The molecular formula is C13H14BrF4N. The summed E-state index contributed by atoms with van der Waals surface area (Å²) in [7, 11) is 0. The van der Waals surface area contributed by atoms with Crippen molar-refractivity contribution < 1.29 is 17.6 Å². The molecule has 0 amide bonds. The summed E-state index contributed by atoms with van der Waals surface area (Å²) in [4.78, 5) is 1.50. The maximum atomic E-state index is 13.9. The lowest BCUT2D eigenvalue weighted by Crippen LogP contribution is -2.42. The van der Waals surface area contributed by atoms with Gasteiger partial charge >= 0.3 is 6.18 Å². The van der Waals surface area contributed by atoms with Gasteiger partial charge < -0.3 is 4.90 Å². The van der Waals surface area contributed by atoms with Crippen molar-refractivity contribution in [2.24, 2.45) is 5.92 Å². The highest BCUT2D eigenvalue weighted by atomic mass is 79.9. The van der Waals surface area contributed by atoms with Gasteiger partial charge in [-0.25, -0.2) is 4.39 Å². The number of hydrogen-bond acceptors (Lipinski definition) is 1. The average molecular weight is 340 g/mol. The fourth-order valence-corrected chi connectivity index (χ4v) is 2.70. The summed E-state index contributed by atoms with van der Waals surface area (Å²) in [5, 5.41) is 0.523. The molecule has 1 aromatic carbocycles. The second kappa shape index (κ2) is 5.69. The van der Waals surface area contributed by atoms with Gasteiger partial charge in [-0.15, -0.1) is 0 Å². The van der Waals surface area contributed by atoms with Crippen LogP contribution in [0.1, 0.15) is 18.4 Å². The quantitative estimate of drug-likeness (QED) is 0.566. The summed E-state index contributed by atoms with van der Waals surface area (Å²) in [5.41, 5.74) is 1.03. The fourth-order valence-electron chi connectivity index (χ4n) is 2.35. The first-order chi connectivity index (χ1) is 8.91. The Kier molecular flexibility index (Phi) is 4.38. The summed E-state index contributed by atoms with van der Waals surface area (Å²) in [6, 6.07) is 4.65. The van der Waals surface area contributed by atoms with Crippen molar-refractivity contribution in [3.05, 3.63) is 29.6 Å². The maximum Gasteiger partial charge on any atom is 0.393 e. The molecule has 0 aliphatic carbocycles. The largest absolute Gasteiger partial charge is 0.393 e. The monoisotopic (exact) mass is 339 g/mol. The normalized spacial score (nSPS) is 20.7. The molecule has 1 unspecified atom stereocenters. The van der Waals surface area contributed by atoms with E-state index in [2.05, 4.69) is 15.9 Å². The molecule has 1 aliphatic heterocycles. The number of alkyl halides is 4. The smallest absolute Gasteiger partial charge is 0.369 e. The number of rotatable bonds is 2. The minimum atomic E-state index is -4.20. The number of piperidine rings is 1. The molecule has 0 N–H and O–H groups in total. The maximum absolute atomic E-state index is 13.9. The molecule has 1 nitrogen and oxygen atoms in total. The Bertz CT molecular complexity index is 447. The second-order valence-corrected chi connectivity index (χ2v) is 5.31. The van der Waals surface area contributed by atoms with E-state index in [1.165, 1.54) is 11.0 Å². The first-order valence-electron chi connectivity index (χ1n) is 6.08. The summed E-state index contributed by atoms with van der Waals surface area (Å²) in [5.74, 6) is -1.82. The lowest BCUT2D eigenvalue weighted by molar-refractivity contribution is -0.176. The molecule has 0 aromatic heterocycles. The van der Waals surface area contributed by atoms with Gasteiger partial charge in [0.2, 0.25) is 0 Å². The standard InChI is InChI=1S/C13H14BrF4N/c14-7-9-3-4-12(11(15)6-9)19-5-1-2-10(8-19)13(16,17)18/h3-4,6,10H,1-2,5,7-8H2. The van der Waals surface area contributed by atoms with Gasteiger partial charge in [-0.05, 0) is 30.5 Å². The Morgan fingerprint density at radius 1 is 1.32 bits per heavy atom. The molecule has 0 saturated carbocycles. The Morgan fingerprint density at radius 2 is 2.05 bits per heavy atom. The molecule has 0 radical (unpaired) electrons. The van der Waals surface area contributed by atoms with E-state index in [-0.39, 0.29) is 18.7 Å². The molecule has 106 valence electrons. The zero-order valence-electron chi connectivity index (χ0n) is 10.2. The summed E-state index contributed by atoms with van der Waals surface area (Å²) >= 11 is 3.22. The van der Waals surface area contributed by atoms with Gasteiger partial charge in [-0.3, -0.25) is 0 Å². The Morgan fingerprint density at radius 3 is 2.63 bits per heavy atom. The summed E-state index contributed by atoms with van der Waals surface area (Å²) < 4.78 is 52.1. The van der Waals surface area contributed by atoms with Crippen LogP contribution in [0, 0.1) is 11.7 Å². The summed E-state index contributed by atoms with van der Waals surface area (Å²) in [6.07, 6.45) is -3.64. The molecule has 19 heavy (non-hydrogen) atoms. The van der Waals surface area contributed by atoms with E-state index in [4.69, 9.17) is 0 Å². The van der Waals surface area contributed by atoms with E-state index in [0.717, 1.165) is 5.56 Å². The van der Waals surface area contributed by atoms with Crippen molar-refractivity contribution in [1.29, 1.82) is 0 Å². The fraction of sp³-hybridized carbons (Fsp3) is 0.538. The van der Waals surface area contributed by atoms with Gasteiger partial charge in [-0.1, -0.05) is 22.0 Å². The number of hydrogen-bond donors (Lipinski definition) is 0. The van der Waals surface area contributed by atoms with E-state index < -0.39 is 17.9 Å². The van der Waals surface area contributed by atoms with Crippen LogP contribution in [-0.2, 0) is 5.33 Å². The first-order valence-corrected chi connectivity index (χ1v) is 7.20. The lowest BCUT2D eigenvalue weighted by atomic mass is 9.97. The molecule has 1 heterocycles. The predicted molar refractivity (Wildman–Crippen MR) is 70.0 cm³/mol. The average Bonchev–Trinajstić information content (AvgIpc) is 2.37. The Hall–Kier alpha value is -0.780. The molecule has 1 fully saturated rings. The van der Waals surface area contributed by atoms with E-state index in [1.54, 1.807) is 12.1 Å². The highest BCUT2D eigenvalue weighted by molar-refractivity contribution is 9.08. The number of nitrogens with zero attached hydrogens (tertiary/aromatic N) is 1. The topological polar surface area (TPSA) is 3.24 Å². The third-order valence-electron chi connectivity index (χ3n) is 3.39. The van der Waals surface area contributed by atoms with Crippen LogP contribution >= 0.6 is 15.9 Å². The van der Waals surface area contributed by atoms with Crippen LogP contribution in [0.15, 0.2) is 18.2 Å². The third kappa shape index (κ3) is 3.41. The van der Waals surface area contributed by atoms with E-state index in [0.29, 0.717) is 18.3 Å². The number of halogens is 5. The van der Waals surface area contributed by atoms with Crippen LogP contribution < -0.4 is 4.90 Å². The van der Waals surface area contributed by atoms with Crippen molar-refractivity contribution >= 4 is 21.6 Å². The second-order valence-electron chi connectivity index (χ2n) is 4.75. The SMILES string of the molecule is Fc1cc(CBr)ccc1N1CCCC(C(F)(F)F)C1. The van der Waals surface area contributed by atoms with Crippen LogP contribution in [-0.4, -0.2) is 19.3 Å². The van der Waals surface area contributed by atoms with Gasteiger partial charge in [0.05, 0.1) is 11.6 Å². The first kappa shape index (κ1) is 14.6. The Balaban J connectivity index is 2.17. The van der Waals surface area contributed by atoms with Crippen molar-refractivity contribution in [2.75, 3.05) is 18.0 Å². The van der Waals surface area contributed by atoms with Crippen molar-refractivity contribution in [2.45, 2.75) is 24.3 Å². The van der Waals surface area contributed by atoms with Gasteiger partial charge in [0, 0.05) is 18.4 Å². The zero-order chi connectivity index (χ0) is 14.0. The molecular weight excluding hydrogens is 326 g/mol. The molecule has 1 saturated heterocycles. The molecule has 1 aromatic rings. The molecule has 1 aliphatic rings. The number of anilines is 1. The van der Waals surface area contributed by atoms with Crippen molar-refractivity contribution in [3.63, 3.8) is 0 Å². The third-order valence-corrected chi connectivity index (χ3v) is 4.04. The number of benzene rings is 1. The van der Waals surface area contributed by atoms with Crippen LogP contribution in [0.3, 0.4) is 0 Å². The van der Waals surface area contributed by atoms with Gasteiger partial charge in [-0.2, -0.15) is 13.2 Å². The van der Waals surface area contributed by atoms with Crippen LogP contribution in [0.25, 0.3) is 0 Å². The Labute approximate surface area is 117 Å². The van der Waals surface area contributed by atoms with Crippen LogP contribution in [0.5, 0.6) is 0 Å². The zero-order valence-corrected chi connectivity index (χ0v) is 11.8. The lowest BCUT2D eigenvalue weighted by Gasteiger charge is -2.35. The molecule has 0 spiro atoms. The highest BCUT2D eigenvalue weighted by Gasteiger charge is 2.42. The summed E-state index contributed by atoms with van der Waals surface area (Å²) in [6.45, 7) is 0.311. The predicted octanol–water partition coefficient (Wildman–Crippen LogP) is 4.50. The minimum Gasteiger partial charge on any atom is -0.369 e. The molecule has 6 heteroatoms. The molecule has 0 bridgehead atoms. The van der Waals surface area contributed by atoms with Gasteiger partial charge in [0.15, 0.2) is 0 Å². The van der Waals surface area contributed by atoms with Crippen molar-refractivity contribution in [1.82, 2.24) is 0 Å². The van der Waals surface area contributed by atoms with Gasteiger partial charge in [0.1, 0.15) is 5.82 Å². The van der Waals surface area contributed by atoms with E-state index >= 15 is 0 Å². The van der Waals surface area contributed by atoms with Crippen LogP contribution in [0.4, 0.5) is 23.2 Å².